The highest BCUT2D eigenvalue weighted by Gasteiger charge is 2.05. The van der Waals surface area contributed by atoms with Crippen molar-refractivity contribution in [3.05, 3.63) is 42.0 Å². The van der Waals surface area contributed by atoms with Crippen LogP contribution in [0, 0.1) is 0 Å². The number of aromatic nitrogens is 2. The van der Waals surface area contributed by atoms with Gasteiger partial charge in [0.2, 0.25) is 0 Å². The Morgan fingerprint density at radius 2 is 1.95 bits per heavy atom. The molecule has 20 heavy (non-hydrogen) atoms. The first-order valence-electron chi connectivity index (χ1n) is 6.65. The normalized spacial score (nSPS) is 10.5. The molecule has 3 nitrogen and oxygen atoms in total. The average Bonchev–Trinajstić information content (AvgIpc) is 2.51. The number of hydrogen-bond donors (Lipinski definition) is 1. The van der Waals surface area contributed by atoms with Gasteiger partial charge in [0.15, 0.2) is 5.16 Å². The van der Waals surface area contributed by atoms with Crippen LogP contribution >= 0.6 is 23.5 Å². The van der Waals surface area contributed by atoms with Gasteiger partial charge in [-0.25, -0.2) is 9.97 Å². The Hall–Kier alpha value is -1.20. The molecule has 106 valence electrons. The maximum Gasteiger partial charge on any atom is 0.190 e. The number of nitrogens with one attached hydrogen (secondary N) is 1. The first-order valence-corrected chi connectivity index (χ1v) is 8.86. The maximum absolute atomic E-state index is 4.55. The van der Waals surface area contributed by atoms with E-state index in [2.05, 4.69) is 46.5 Å². The van der Waals surface area contributed by atoms with Crippen molar-refractivity contribution in [3.8, 4) is 0 Å². The van der Waals surface area contributed by atoms with E-state index in [1.165, 1.54) is 5.56 Å². The number of rotatable bonds is 7. The Kier molecular flexibility index (Phi) is 6.21. The highest BCUT2D eigenvalue weighted by molar-refractivity contribution is 7.99. The van der Waals surface area contributed by atoms with Gasteiger partial charge < -0.3 is 5.32 Å². The third-order valence-corrected chi connectivity index (χ3v) is 4.18. The molecule has 1 aromatic heterocycles. The van der Waals surface area contributed by atoms with Crippen LogP contribution in [0.2, 0.25) is 0 Å². The van der Waals surface area contributed by atoms with Crippen LogP contribution in [0.1, 0.15) is 18.9 Å². The molecule has 0 aliphatic rings. The van der Waals surface area contributed by atoms with Crippen LogP contribution in [-0.4, -0.2) is 22.8 Å². The molecular weight excluding hydrogens is 286 g/mol. The van der Waals surface area contributed by atoms with Gasteiger partial charge in [-0.1, -0.05) is 49.0 Å². The van der Waals surface area contributed by atoms with Crippen LogP contribution in [0.3, 0.4) is 0 Å². The van der Waals surface area contributed by atoms with Gasteiger partial charge in [-0.15, -0.1) is 11.8 Å². The molecule has 0 atom stereocenters. The lowest BCUT2D eigenvalue weighted by molar-refractivity contribution is 0.878. The Labute approximate surface area is 129 Å². The molecule has 0 saturated carbocycles. The average molecular weight is 305 g/mol. The van der Waals surface area contributed by atoms with Crippen LogP contribution in [0.5, 0.6) is 0 Å². The van der Waals surface area contributed by atoms with E-state index in [0.29, 0.717) is 0 Å². The molecule has 1 N–H and O–H groups in total. The van der Waals surface area contributed by atoms with E-state index in [4.69, 9.17) is 0 Å². The highest BCUT2D eigenvalue weighted by atomic mass is 32.2. The third kappa shape index (κ3) is 4.72. The van der Waals surface area contributed by atoms with Crippen molar-refractivity contribution < 1.29 is 0 Å². The summed E-state index contributed by atoms with van der Waals surface area (Å²) >= 11 is 3.32. The number of thioether (sulfide) groups is 2. The van der Waals surface area contributed by atoms with Crippen LogP contribution in [0.25, 0.3) is 0 Å². The molecule has 0 spiro atoms. The number of benzene rings is 1. The fraction of sp³-hybridized carbons (Fsp3) is 0.333. The van der Waals surface area contributed by atoms with Gasteiger partial charge >= 0.3 is 0 Å². The zero-order valence-electron chi connectivity index (χ0n) is 11.8. The van der Waals surface area contributed by atoms with Crippen molar-refractivity contribution in [3.63, 3.8) is 0 Å². The first-order chi connectivity index (χ1) is 9.81. The van der Waals surface area contributed by atoms with Crippen LogP contribution < -0.4 is 5.32 Å². The summed E-state index contributed by atoms with van der Waals surface area (Å²) in [4.78, 5) is 9.02. The Morgan fingerprint density at radius 1 is 1.15 bits per heavy atom. The molecule has 0 bridgehead atoms. The molecule has 0 unspecified atom stereocenters. The van der Waals surface area contributed by atoms with Gasteiger partial charge in [0.05, 0.1) is 0 Å². The molecule has 2 rings (SSSR count). The van der Waals surface area contributed by atoms with Gasteiger partial charge in [-0.05, 0) is 18.2 Å². The fourth-order valence-corrected chi connectivity index (χ4v) is 2.93. The minimum Gasteiger partial charge on any atom is -0.370 e. The molecule has 0 amide bonds. The minimum atomic E-state index is 0.821. The predicted octanol–water partition coefficient (Wildman–Crippen LogP) is 4.31. The van der Waals surface area contributed by atoms with Gasteiger partial charge in [0, 0.05) is 18.4 Å². The lowest BCUT2D eigenvalue weighted by Crippen LogP contribution is -2.03. The maximum atomic E-state index is 4.55. The topological polar surface area (TPSA) is 37.8 Å². The molecular formula is C15H19N3S2. The second-order valence-corrected chi connectivity index (χ2v) is 6.05. The summed E-state index contributed by atoms with van der Waals surface area (Å²) in [5.41, 5.74) is 1.31. The Bertz CT molecular complexity index is 532. The number of nitrogens with zero attached hydrogens (tertiary/aromatic N) is 2. The van der Waals surface area contributed by atoms with Gasteiger partial charge in [-0.2, -0.15) is 0 Å². The van der Waals surface area contributed by atoms with Crippen molar-refractivity contribution in [2.75, 3.05) is 18.1 Å². The van der Waals surface area contributed by atoms with Crippen molar-refractivity contribution >= 4 is 29.3 Å². The Morgan fingerprint density at radius 3 is 2.65 bits per heavy atom. The minimum absolute atomic E-state index is 0.821. The van der Waals surface area contributed by atoms with Crippen molar-refractivity contribution in [2.24, 2.45) is 0 Å². The molecule has 0 aliphatic carbocycles. The SMILES string of the molecule is CCCNc1cc(SCc2ccccc2)nc(SC)n1. The monoisotopic (exact) mass is 305 g/mol. The second-order valence-electron chi connectivity index (χ2n) is 4.28. The van der Waals surface area contributed by atoms with Crippen molar-refractivity contribution in [1.82, 2.24) is 9.97 Å². The highest BCUT2D eigenvalue weighted by Crippen LogP contribution is 2.25. The van der Waals surface area contributed by atoms with Gasteiger partial charge in [0.25, 0.3) is 0 Å². The van der Waals surface area contributed by atoms with E-state index >= 15 is 0 Å². The van der Waals surface area contributed by atoms with Crippen LogP contribution in [-0.2, 0) is 5.75 Å². The third-order valence-electron chi connectivity index (χ3n) is 2.65. The molecule has 0 radical (unpaired) electrons. The molecule has 0 aliphatic heterocycles. The summed E-state index contributed by atoms with van der Waals surface area (Å²) in [5.74, 6) is 1.85. The smallest absolute Gasteiger partial charge is 0.190 e. The van der Waals surface area contributed by atoms with E-state index in [1.54, 1.807) is 23.5 Å². The van der Waals surface area contributed by atoms with Gasteiger partial charge in [0.1, 0.15) is 10.8 Å². The Balaban J connectivity index is 2.06. The van der Waals surface area contributed by atoms with E-state index in [-0.39, 0.29) is 0 Å². The van der Waals surface area contributed by atoms with Crippen LogP contribution in [0.4, 0.5) is 5.82 Å². The van der Waals surface area contributed by atoms with Gasteiger partial charge in [-0.3, -0.25) is 0 Å². The standard InChI is InChI=1S/C15H19N3S2/c1-3-9-16-13-10-14(18-15(17-13)19-2)20-11-12-7-5-4-6-8-12/h4-8,10H,3,9,11H2,1-2H3,(H,16,17,18). The van der Waals surface area contributed by atoms with Crippen molar-refractivity contribution in [1.29, 1.82) is 0 Å². The summed E-state index contributed by atoms with van der Waals surface area (Å²) in [6, 6.07) is 12.5. The predicted molar refractivity (Wildman–Crippen MR) is 88.6 cm³/mol. The quantitative estimate of drug-likeness (QED) is 0.468. The second kappa shape index (κ2) is 8.17. The summed E-state index contributed by atoms with van der Waals surface area (Å²) < 4.78 is 0. The summed E-state index contributed by atoms with van der Waals surface area (Å²) in [6.45, 7) is 3.09. The van der Waals surface area contributed by atoms with Crippen molar-refractivity contribution in [2.45, 2.75) is 29.3 Å². The fourth-order valence-electron chi connectivity index (χ4n) is 1.64. The molecule has 0 fully saturated rings. The number of hydrogen-bond acceptors (Lipinski definition) is 5. The summed E-state index contributed by atoms with van der Waals surface area (Å²) in [5, 5.41) is 5.17. The zero-order valence-corrected chi connectivity index (χ0v) is 13.4. The number of anilines is 1. The largest absolute Gasteiger partial charge is 0.370 e. The van der Waals surface area contributed by atoms with E-state index in [9.17, 15) is 0 Å². The summed E-state index contributed by atoms with van der Waals surface area (Å²) in [6.07, 6.45) is 3.09. The zero-order chi connectivity index (χ0) is 14.2. The molecule has 1 heterocycles. The van der Waals surface area contributed by atoms with E-state index < -0.39 is 0 Å². The van der Waals surface area contributed by atoms with E-state index in [1.807, 2.05) is 18.4 Å². The van der Waals surface area contributed by atoms with Crippen LogP contribution in [0.15, 0.2) is 46.6 Å². The molecule has 1 aromatic carbocycles. The first kappa shape index (κ1) is 15.2. The molecule has 5 heteroatoms. The molecule has 2 aromatic rings. The van der Waals surface area contributed by atoms with E-state index in [0.717, 1.165) is 34.7 Å². The lowest BCUT2D eigenvalue weighted by atomic mass is 10.2. The lowest BCUT2D eigenvalue weighted by Gasteiger charge is -2.08. The summed E-state index contributed by atoms with van der Waals surface area (Å²) in [7, 11) is 0. The molecule has 0 saturated heterocycles.